The van der Waals surface area contributed by atoms with Crippen molar-refractivity contribution in [3.8, 4) is 5.75 Å². The van der Waals surface area contributed by atoms with Crippen molar-refractivity contribution in [1.29, 1.82) is 0 Å². The Bertz CT molecular complexity index is 450. The largest absolute Gasteiger partial charge is 0.508 e. The molecule has 4 heteroatoms. The maximum Gasteiger partial charge on any atom is 0.227 e. The zero-order valence-electron chi connectivity index (χ0n) is 10.8. The molecule has 1 aromatic rings. The topological polar surface area (TPSA) is 60.8 Å². The van der Waals surface area contributed by atoms with Gasteiger partial charge in [-0.25, -0.2) is 0 Å². The molecular weight excluding hydrogens is 230 g/mol. The molecule has 1 aliphatic rings. The average molecular weight is 249 g/mol. The second-order valence-electron chi connectivity index (χ2n) is 5.31. The minimum absolute atomic E-state index is 0.0539. The summed E-state index contributed by atoms with van der Waals surface area (Å²) in [5, 5.41) is 19.7. The van der Waals surface area contributed by atoms with Crippen LogP contribution in [0.3, 0.4) is 0 Å². The Balaban J connectivity index is 1.94. The number of β-amino-alcohol motifs (C(OH)–C–C–N with tert-alkyl or cyclic N) is 1. The van der Waals surface area contributed by atoms with Gasteiger partial charge in [-0.05, 0) is 12.0 Å². The van der Waals surface area contributed by atoms with Crippen molar-refractivity contribution in [2.45, 2.75) is 25.9 Å². The number of aliphatic hydroxyl groups is 1. The third kappa shape index (κ3) is 2.34. The first-order chi connectivity index (χ1) is 8.42. The molecule has 1 aromatic carbocycles. The lowest BCUT2D eigenvalue weighted by Crippen LogP contribution is -2.66. The SMILES string of the molecule is CC(C)C1(O)CN(C(=O)Cc2ccccc2O)C1. The number of carbonyl (C=O) groups is 1. The van der Waals surface area contributed by atoms with Crippen LogP contribution >= 0.6 is 0 Å². The average Bonchev–Trinajstić information content (AvgIpc) is 2.27. The first-order valence-electron chi connectivity index (χ1n) is 6.19. The van der Waals surface area contributed by atoms with E-state index in [9.17, 15) is 15.0 Å². The zero-order valence-corrected chi connectivity index (χ0v) is 10.8. The Hall–Kier alpha value is -1.55. The highest BCUT2D eigenvalue weighted by Crippen LogP contribution is 2.29. The summed E-state index contributed by atoms with van der Waals surface area (Å²) in [7, 11) is 0. The van der Waals surface area contributed by atoms with Gasteiger partial charge in [-0.3, -0.25) is 4.79 Å². The van der Waals surface area contributed by atoms with Gasteiger partial charge < -0.3 is 15.1 Å². The molecule has 0 aliphatic carbocycles. The van der Waals surface area contributed by atoms with Crippen LogP contribution in [-0.2, 0) is 11.2 Å². The molecule has 2 N–H and O–H groups in total. The number of rotatable bonds is 3. The van der Waals surface area contributed by atoms with Crippen LogP contribution in [-0.4, -0.2) is 39.7 Å². The molecule has 4 nitrogen and oxygen atoms in total. The number of para-hydroxylation sites is 1. The van der Waals surface area contributed by atoms with E-state index in [4.69, 9.17) is 0 Å². The number of phenolic OH excluding ortho intramolecular Hbond substituents is 1. The molecule has 0 spiro atoms. The summed E-state index contributed by atoms with van der Waals surface area (Å²) in [4.78, 5) is 13.6. The highest BCUT2D eigenvalue weighted by Gasteiger charge is 2.45. The van der Waals surface area contributed by atoms with E-state index in [1.165, 1.54) is 0 Å². The number of hydrogen-bond acceptors (Lipinski definition) is 3. The number of hydrogen-bond donors (Lipinski definition) is 2. The van der Waals surface area contributed by atoms with Crippen LogP contribution in [0, 0.1) is 5.92 Å². The van der Waals surface area contributed by atoms with Gasteiger partial charge in [0.05, 0.1) is 19.5 Å². The predicted molar refractivity (Wildman–Crippen MR) is 68.2 cm³/mol. The van der Waals surface area contributed by atoms with Crippen LogP contribution in [0.2, 0.25) is 0 Å². The van der Waals surface area contributed by atoms with Gasteiger partial charge in [0, 0.05) is 5.56 Å². The third-order valence-corrected chi connectivity index (χ3v) is 3.69. The standard InChI is InChI=1S/C14H19NO3/c1-10(2)14(18)8-15(9-14)13(17)7-11-5-3-4-6-12(11)16/h3-6,10,16,18H,7-9H2,1-2H3. The number of aromatic hydroxyl groups is 1. The molecule has 1 amide bonds. The van der Waals surface area contributed by atoms with Crippen molar-refractivity contribution >= 4 is 5.91 Å². The lowest BCUT2D eigenvalue weighted by molar-refractivity contribution is -0.163. The van der Waals surface area contributed by atoms with Crippen LogP contribution in [0.5, 0.6) is 5.75 Å². The number of carbonyl (C=O) groups excluding carboxylic acids is 1. The number of likely N-dealkylation sites (tertiary alicyclic amines) is 1. The molecule has 0 saturated carbocycles. The fraction of sp³-hybridized carbons (Fsp3) is 0.500. The second-order valence-corrected chi connectivity index (χ2v) is 5.31. The van der Waals surface area contributed by atoms with Crippen LogP contribution in [0.1, 0.15) is 19.4 Å². The van der Waals surface area contributed by atoms with Gasteiger partial charge in [0.1, 0.15) is 11.4 Å². The van der Waals surface area contributed by atoms with Gasteiger partial charge >= 0.3 is 0 Å². The lowest BCUT2D eigenvalue weighted by atomic mass is 9.82. The van der Waals surface area contributed by atoms with E-state index in [0.717, 1.165) is 0 Å². The van der Waals surface area contributed by atoms with Crippen molar-refractivity contribution in [3.63, 3.8) is 0 Å². The van der Waals surface area contributed by atoms with E-state index in [-0.39, 0.29) is 24.0 Å². The van der Waals surface area contributed by atoms with Crippen molar-refractivity contribution < 1.29 is 15.0 Å². The van der Waals surface area contributed by atoms with Crippen molar-refractivity contribution in [1.82, 2.24) is 4.90 Å². The number of phenols is 1. The minimum Gasteiger partial charge on any atom is -0.508 e. The maximum atomic E-state index is 12.0. The zero-order chi connectivity index (χ0) is 13.3. The fourth-order valence-corrected chi connectivity index (χ4v) is 2.09. The summed E-state index contributed by atoms with van der Waals surface area (Å²) in [5.41, 5.74) is -0.114. The van der Waals surface area contributed by atoms with Gasteiger partial charge in [0.25, 0.3) is 0 Å². The molecule has 2 rings (SSSR count). The lowest BCUT2D eigenvalue weighted by Gasteiger charge is -2.49. The Labute approximate surface area is 107 Å². The molecule has 98 valence electrons. The monoisotopic (exact) mass is 249 g/mol. The molecule has 1 aliphatic heterocycles. The normalized spacial score (nSPS) is 17.7. The van der Waals surface area contributed by atoms with Crippen LogP contribution in [0.25, 0.3) is 0 Å². The summed E-state index contributed by atoms with van der Waals surface area (Å²) in [5.74, 6) is 0.235. The van der Waals surface area contributed by atoms with Gasteiger partial charge in [-0.15, -0.1) is 0 Å². The minimum atomic E-state index is -0.742. The molecule has 0 radical (unpaired) electrons. The van der Waals surface area contributed by atoms with Gasteiger partial charge in [0.15, 0.2) is 0 Å². The second kappa shape index (κ2) is 4.61. The molecule has 1 saturated heterocycles. The number of amides is 1. The molecule has 18 heavy (non-hydrogen) atoms. The Morgan fingerprint density at radius 1 is 1.39 bits per heavy atom. The van der Waals surface area contributed by atoms with Crippen molar-refractivity contribution in [2.24, 2.45) is 5.92 Å². The molecule has 1 heterocycles. The van der Waals surface area contributed by atoms with Crippen molar-refractivity contribution in [2.75, 3.05) is 13.1 Å². The smallest absolute Gasteiger partial charge is 0.227 e. The maximum absolute atomic E-state index is 12.0. The van der Waals surface area contributed by atoms with E-state index in [2.05, 4.69) is 0 Å². The summed E-state index contributed by atoms with van der Waals surface area (Å²) in [6.45, 7) is 4.67. The summed E-state index contributed by atoms with van der Waals surface area (Å²) in [6.07, 6.45) is 0.181. The number of nitrogens with zero attached hydrogens (tertiary/aromatic N) is 1. The molecule has 0 bridgehead atoms. The summed E-state index contributed by atoms with van der Waals surface area (Å²) < 4.78 is 0. The van der Waals surface area contributed by atoms with E-state index in [0.29, 0.717) is 18.7 Å². The summed E-state index contributed by atoms with van der Waals surface area (Å²) in [6, 6.07) is 6.83. The van der Waals surface area contributed by atoms with Gasteiger partial charge in [0.2, 0.25) is 5.91 Å². The van der Waals surface area contributed by atoms with Crippen LogP contribution in [0.4, 0.5) is 0 Å². The molecule has 0 aromatic heterocycles. The van der Waals surface area contributed by atoms with E-state index in [1.807, 2.05) is 13.8 Å². The quantitative estimate of drug-likeness (QED) is 0.845. The Kier molecular flexibility index (Phi) is 3.30. The van der Waals surface area contributed by atoms with E-state index < -0.39 is 5.60 Å². The Morgan fingerprint density at radius 2 is 2.00 bits per heavy atom. The fourth-order valence-electron chi connectivity index (χ4n) is 2.09. The molecule has 1 fully saturated rings. The van der Waals surface area contributed by atoms with E-state index in [1.54, 1.807) is 29.2 Å². The highest BCUT2D eigenvalue weighted by molar-refractivity contribution is 5.80. The Morgan fingerprint density at radius 3 is 2.56 bits per heavy atom. The summed E-state index contributed by atoms with van der Waals surface area (Å²) >= 11 is 0. The third-order valence-electron chi connectivity index (χ3n) is 3.69. The number of benzene rings is 1. The first kappa shape index (κ1) is 12.9. The van der Waals surface area contributed by atoms with Crippen molar-refractivity contribution in [3.05, 3.63) is 29.8 Å². The van der Waals surface area contributed by atoms with Crippen LogP contribution in [0.15, 0.2) is 24.3 Å². The molecule has 0 atom stereocenters. The van der Waals surface area contributed by atoms with Gasteiger partial charge in [-0.1, -0.05) is 32.0 Å². The van der Waals surface area contributed by atoms with Crippen LogP contribution < -0.4 is 0 Å². The molecule has 0 unspecified atom stereocenters. The highest BCUT2D eigenvalue weighted by atomic mass is 16.3. The van der Waals surface area contributed by atoms with E-state index >= 15 is 0 Å². The molecular formula is C14H19NO3. The van der Waals surface area contributed by atoms with Gasteiger partial charge in [-0.2, -0.15) is 0 Å². The predicted octanol–water partition coefficient (Wildman–Crippen LogP) is 1.16. The first-order valence-corrected chi connectivity index (χ1v) is 6.19.